The third-order valence-electron chi connectivity index (χ3n) is 1.31. The number of urea groups is 1. The van der Waals surface area contributed by atoms with Crippen molar-refractivity contribution in [3.8, 4) is 0 Å². The number of carboxylic acids is 1. The fourth-order valence-electron chi connectivity index (χ4n) is 0.657. The van der Waals surface area contributed by atoms with Gasteiger partial charge in [0.15, 0.2) is 0 Å². The Bertz CT molecular complexity index is 171. The third-order valence-corrected chi connectivity index (χ3v) is 1.31. The summed E-state index contributed by atoms with van der Waals surface area (Å²) in [6, 6.07) is -1.47. The fourth-order valence-corrected chi connectivity index (χ4v) is 0.657. The molecule has 1 atom stereocenters. The summed E-state index contributed by atoms with van der Waals surface area (Å²) in [5, 5.41) is 10.7. The van der Waals surface area contributed by atoms with Gasteiger partial charge in [-0.15, -0.1) is 0 Å². The van der Waals surface area contributed by atoms with Gasteiger partial charge in [0.2, 0.25) is 0 Å². The van der Waals surface area contributed by atoms with E-state index in [1.54, 1.807) is 0 Å². The summed E-state index contributed by atoms with van der Waals surface area (Å²) in [5.74, 6) is -1.03. The van der Waals surface area contributed by atoms with E-state index in [0.717, 1.165) is 0 Å². The molecule has 2 amide bonds. The zero-order valence-corrected chi connectivity index (χ0v) is 6.62. The first-order valence-electron chi connectivity index (χ1n) is 3.55. The highest BCUT2D eigenvalue weighted by molar-refractivity contribution is 5.73. The Hall–Kier alpha value is -1.30. The van der Waals surface area contributed by atoms with Crippen molar-refractivity contribution in [2.45, 2.75) is 18.9 Å². The van der Waals surface area contributed by atoms with Crippen LogP contribution in [-0.2, 0) is 4.79 Å². The summed E-state index contributed by atoms with van der Waals surface area (Å²) in [6.45, 7) is 0.357. The van der Waals surface area contributed by atoms with Crippen molar-refractivity contribution in [3.63, 3.8) is 0 Å². The lowest BCUT2D eigenvalue weighted by atomic mass is 10.2. The van der Waals surface area contributed by atoms with Gasteiger partial charge < -0.3 is 21.9 Å². The molecule has 0 unspecified atom stereocenters. The lowest BCUT2D eigenvalue weighted by molar-refractivity contribution is -0.138. The molecule has 0 aliphatic carbocycles. The number of primary amides is 1. The Balaban J connectivity index is 3.31. The number of aliphatic carboxylic acids is 1. The predicted octanol–water partition coefficient (Wildman–Crippen LogP) is -1.15. The molecular formula is C6H13N3O3. The summed E-state index contributed by atoms with van der Waals surface area (Å²) in [6.07, 6.45) is 0.839. The first-order chi connectivity index (χ1) is 5.54. The number of hydrogen-bond donors (Lipinski definition) is 4. The van der Waals surface area contributed by atoms with Crippen molar-refractivity contribution in [1.82, 2.24) is 5.32 Å². The van der Waals surface area contributed by atoms with Gasteiger partial charge in [-0.3, -0.25) is 4.79 Å². The van der Waals surface area contributed by atoms with Gasteiger partial charge in [-0.05, 0) is 12.8 Å². The largest absolute Gasteiger partial charge is 0.480 e. The van der Waals surface area contributed by atoms with Crippen LogP contribution in [0, 0.1) is 0 Å². The van der Waals surface area contributed by atoms with Crippen LogP contribution < -0.4 is 16.8 Å². The molecule has 0 spiro atoms. The third kappa shape index (κ3) is 5.48. The lowest BCUT2D eigenvalue weighted by Gasteiger charge is -2.05. The maximum atomic E-state index is 10.2. The van der Waals surface area contributed by atoms with Gasteiger partial charge in [-0.2, -0.15) is 0 Å². The second-order valence-corrected chi connectivity index (χ2v) is 2.38. The Morgan fingerprint density at radius 2 is 2.08 bits per heavy atom. The van der Waals surface area contributed by atoms with Crippen LogP contribution >= 0.6 is 0 Å². The van der Waals surface area contributed by atoms with Gasteiger partial charge in [0.05, 0.1) is 0 Å². The van der Waals surface area contributed by atoms with Gasteiger partial charge >= 0.3 is 12.0 Å². The highest BCUT2D eigenvalue weighted by Crippen LogP contribution is 1.92. The molecule has 0 saturated heterocycles. The molecule has 0 aromatic carbocycles. The van der Waals surface area contributed by atoms with Crippen LogP contribution in [0.15, 0.2) is 0 Å². The molecule has 0 rings (SSSR count). The van der Waals surface area contributed by atoms with Crippen LogP contribution in [0.3, 0.4) is 0 Å². The molecule has 0 aliphatic rings. The number of carbonyl (C=O) groups excluding carboxylic acids is 1. The van der Waals surface area contributed by atoms with E-state index in [9.17, 15) is 9.59 Å². The molecule has 6 nitrogen and oxygen atoms in total. The number of hydrogen-bond acceptors (Lipinski definition) is 3. The number of amides is 2. The van der Waals surface area contributed by atoms with Crippen LogP contribution in [0.2, 0.25) is 0 Å². The molecule has 0 aromatic rings. The van der Waals surface area contributed by atoms with Crippen molar-refractivity contribution in [2.24, 2.45) is 11.5 Å². The molecule has 6 heteroatoms. The topological polar surface area (TPSA) is 118 Å². The van der Waals surface area contributed by atoms with Crippen molar-refractivity contribution >= 4 is 12.0 Å². The summed E-state index contributed by atoms with van der Waals surface area (Å²) >= 11 is 0. The second kappa shape index (κ2) is 5.36. The van der Waals surface area contributed by atoms with E-state index in [-0.39, 0.29) is 0 Å². The highest BCUT2D eigenvalue weighted by Gasteiger charge is 2.09. The molecule has 0 fully saturated rings. The quantitative estimate of drug-likeness (QED) is 0.394. The molecule has 70 valence electrons. The van der Waals surface area contributed by atoms with Crippen LogP contribution in [0.5, 0.6) is 0 Å². The summed E-state index contributed by atoms with van der Waals surface area (Å²) in [5.41, 5.74) is 9.96. The van der Waals surface area contributed by atoms with Crippen molar-refractivity contribution in [1.29, 1.82) is 0 Å². The van der Waals surface area contributed by atoms with E-state index >= 15 is 0 Å². The minimum atomic E-state index is -1.03. The Labute approximate surface area is 69.9 Å². The molecule has 0 bridgehead atoms. The zero-order valence-electron chi connectivity index (χ0n) is 6.62. The molecule has 0 aromatic heterocycles. The van der Waals surface area contributed by atoms with Crippen molar-refractivity contribution in [2.75, 3.05) is 6.54 Å². The number of nitrogens with two attached hydrogens (primary N) is 2. The average molecular weight is 175 g/mol. The van der Waals surface area contributed by atoms with Gasteiger partial charge in [-0.1, -0.05) is 0 Å². The molecular weight excluding hydrogens is 162 g/mol. The van der Waals surface area contributed by atoms with E-state index in [2.05, 4.69) is 5.32 Å². The number of rotatable bonds is 5. The van der Waals surface area contributed by atoms with E-state index in [1.807, 2.05) is 0 Å². The van der Waals surface area contributed by atoms with Gasteiger partial charge in [0.25, 0.3) is 0 Å². The summed E-state index contributed by atoms with van der Waals surface area (Å²) in [4.78, 5) is 20.3. The molecule has 0 radical (unpaired) electrons. The zero-order chi connectivity index (χ0) is 9.56. The second-order valence-electron chi connectivity index (χ2n) is 2.38. The number of nitrogens with one attached hydrogen (secondary N) is 1. The minimum absolute atomic E-state index is 0.329. The van der Waals surface area contributed by atoms with E-state index in [0.29, 0.717) is 19.4 Å². The van der Waals surface area contributed by atoms with E-state index in [4.69, 9.17) is 16.6 Å². The standard InChI is InChI=1S/C6H13N3O3/c7-4(5(10)11)2-1-3-9-6(8)12/h4H,1-3,7H2,(H,10,11)(H3,8,9,12)/t4-/m1/s1. The smallest absolute Gasteiger partial charge is 0.320 e. The number of carboxylic acid groups (broad SMARTS) is 1. The van der Waals surface area contributed by atoms with Crippen LogP contribution in [-0.4, -0.2) is 29.7 Å². The average Bonchev–Trinajstić information content (AvgIpc) is 1.97. The van der Waals surface area contributed by atoms with E-state index < -0.39 is 18.0 Å². The molecule has 0 aliphatic heterocycles. The number of carbonyl (C=O) groups is 2. The minimum Gasteiger partial charge on any atom is -0.480 e. The van der Waals surface area contributed by atoms with Crippen molar-refractivity contribution < 1.29 is 14.7 Å². The van der Waals surface area contributed by atoms with Crippen LogP contribution in [0.4, 0.5) is 4.79 Å². The van der Waals surface area contributed by atoms with Gasteiger partial charge in [0, 0.05) is 6.54 Å². The Morgan fingerprint density at radius 1 is 1.50 bits per heavy atom. The molecule has 6 N–H and O–H groups in total. The summed E-state index contributed by atoms with van der Waals surface area (Å²) < 4.78 is 0. The molecule has 12 heavy (non-hydrogen) atoms. The first-order valence-corrected chi connectivity index (χ1v) is 3.55. The van der Waals surface area contributed by atoms with E-state index in [1.165, 1.54) is 0 Å². The molecule has 0 heterocycles. The van der Waals surface area contributed by atoms with Gasteiger partial charge in [0.1, 0.15) is 6.04 Å². The Morgan fingerprint density at radius 3 is 2.50 bits per heavy atom. The van der Waals surface area contributed by atoms with Gasteiger partial charge in [-0.25, -0.2) is 4.79 Å². The predicted molar refractivity (Wildman–Crippen MR) is 42.4 cm³/mol. The van der Waals surface area contributed by atoms with Crippen molar-refractivity contribution in [3.05, 3.63) is 0 Å². The Kier molecular flexibility index (Phi) is 4.78. The van der Waals surface area contributed by atoms with Crippen LogP contribution in [0.1, 0.15) is 12.8 Å². The highest BCUT2D eigenvalue weighted by atomic mass is 16.4. The normalized spacial score (nSPS) is 12.1. The monoisotopic (exact) mass is 175 g/mol. The maximum absolute atomic E-state index is 10.2. The lowest BCUT2D eigenvalue weighted by Crippen LogP contribution is -2.33. The summed E-state index contributed by atoms with van der Waals surface area (Å²) in [7, 11) is 0. The first kappa shape index (κ1) is 10.7. The SMILES string of the molecule is NC(=O)NCCC[C@@H](N)C(=O)O. The van der Waals surface area contributed by atoms with Crippen LogP contribution in [0.25, 0.3) is 0 Å². The fraction of sp³-hybridized carbons (Fsp3) is 0.667. The molecule has 0 saturated carbocycles. The maximum Gasteiger partial charge on any atom is 0.320 e.